The van der Waals surface area contributed by atoms with Gasteiger partial charge in [-0.05, 0) is 25.1 Å². The van der Waals surface area contributed by atoms with Crippen molar-refractivity contribution in [2.24, 2.45) is 0 Å². The molecular formula is C18H12ClNO4. The lowest BCUT2D eigenvalue weighted by atomic mass is 9.93. The minimum Gasteiger partial charge on any atom is -0.449 e. The molecule has 0 amide bonds. The summed E-state index contributed by atoms with van der Waals surface area (Å²) in [6.07, 6.45) is 0. The van der Waals surface area contributed by atoms with Crippen molar-refractivity contribution in [2.75, 3.05) is 5.73 Å². The van der Waals surface area contributed by atoms with Crippen LogP contribution in [0.25, 0.3) is 0 Å². The molecule has 1 aliphatic carbocycles. The van der Waals surface area contributed by atoms with Gasteiger partial charge in [-0.2, -0.15) is 0 Å². The third-order valence-corrected chi connectivity index (χ3v) is 3.99. The predicted octanol–water partition coefficient (Wildman–Crippen LogP) is 3.38. The molecule has 0 saturated heterocycles. The van der Waals surface area contributed by atoms with E-state index in [1.165, 1.54) is 37.3 Å². The second-order valence-corrected chi connectivity index (χ2v) is 5.64. The van der Waals surface area contributed by atoms with Crippen LogP contribution in [-0.2, 0) is 0 Å². The number of carbonyl (C=O) groups is 3. The topological polar surface area (TPSA) is 86.5 Å². The van der Waals surface area contributed by atoms with Gasteiger partial charge in [-0.1, -0.05) is 35.9 Å². The van der Waals surface area contributed by atoms with Crippen molar-refractivity contribution in [3.8, 4) is 5.75 Å². The normalized spacial score (nSPS) is 13.8. The van der Waals surface area contributed by atoms with E-state index in [1.54, 1.807) is 12.1 Å². The Morgan fingerprint density at radius 2 is 1.67 bits per heavy atom. The Morgan fingerprint density at radius 1 is 1.04 bits per heavy atom. The van der Waals surface area contributed by atoms with Crippen LogP contribution in [0.4, 0.5) is 5.69 Å². The molecule has 0 aromatic heterocycles. The summed E-state index contributed by atoms with van der Waals surface area (Å²) in [5, 5.41) is -0.297. The van der Waals surface area contributed by atoms with Crippen molar-refractivity contribution in [2.45, 2.75) is 6.92 Å². The summed E-state index contributed by atoms with van der Waals surface area (Å²) in [7, 11) is 0. The Hall–Kier alpha value is -2.92. The number of anilines is 1. The number of fused-ring (bicyclic) bond motifs is 1. The minimum absolute atomic E-state index is 0.147. The molecule has 0 spiro atoms. The van der Waals surface area contributed by atoms with E-state index in [0.29, 0.717) is 5.56 Å². The van der Waals surface area contributed by atoms with Gasteiger partial charge in [0.2, 0.25) is 11.6 Å². The van der Waals surface area contributed by atoms with Crippen LogP contribution in [0.15, 0.2) is 53.3 Å². The molecule has 0 atom stereocenters. The standard InChI is InChI=1S/C18H12ClNO4/c1-9(21)10-6-7-14(13(20)8-10)24-18-15(19)16(22)11-4-2-3-5-12(11)17(18)23/h2-8H,20H2,1H3. The van der Waals surface area contributed by atoms with Gasteiger partial charge < -0.3 is 10.5 Å². The van der Waals surface area contributed by atoms with Gasteiger partial charge in [-0.25, -0.2) is 0 Å². The average Bonchev–Trinajstić information content (AvgIpc) is 2.57. The highest BCUT2D eigenvalue weighted by atomic mass is 35.5. The molecule has 0 aliphatic heterocycles. The van der Waals surface area contributed by atoms with Crippen LogP contribution in [0, 0.1) is 0 Å². The SMILES string of the molecule is CC(=O)c1ccc(OC2=C(Cl)C(=O)c3ccccc3C2=O)c(N)c1. The summed E-state index contributed by atoms with van der Waals surface area (Å²) in [6.45, 7) is 1.41. The van der Waals surface area contributed by atoms with Crippen molar-refractivity contribution in [1.82, 2.24) is 0 Å². The monoisotopic (exact) mass is 341 g/mol. The molecule has 2 N–H and O–H groups in total. The van der Waals surface area contributed by atoms with Gasteiger partial charge >= 0.3 is 0 Å². The molecule has 1 aliphatic rings. The number of hydrogen-bond acceptors (Lipinski definition) is 5. The van der Waals surface area contributed by atoms with Crippen LogP contribution in [0.2, 0.25) is 0 Å². The van der Waals surface area contributed by atoms with Gasteiger partial charge in [-0.3, -0.25) is 14.4 Å². The van der Waals surface area contributed by atoms with Crippen molar-refractivity contribution in [1.29, 1.82) is 0 Å². The number of hydrogen-bond donors (Lipinski definition) is 1. The first kappa shape index (κ1) is 16.0. The number of ketones is 3. The molecule has 5 nitrogen and oxygen atoms in total. The largest absolute Gasteiger partial charge is 0.449 e. The molecule has 6 heteroatoms. The number of Topliss-reactive ketones (excluding diaryl/α,β-unsaturated/α-hetero) is 3. The second kappa shape index (κ2) is 5.94. The van der Waals surface area contributed by atoms with Crippen molar-refractivity contribution >= 4 is 34.6 Å². The lowest BCUT2D eigenvalue weighted by molar-refractivity contribution is 0.0943. The highest BCUT2D eigenvalue weighted by molar-refractivity contribution is 6.49. The number of carbonyl (C=O) groups excluding carboxylic acids is 3. The molecular weight excluding hydrogens is 330 g/mol. The summed E-state index contributed by atoms with van der Waals surface area (Å²) in [6, 6.07) is 10.8. The molecule has 2 aromatic rings. The van der Waals surface area contributed by atoms with Crippen LogP contribution < -0.4 is 10.5 Å². The third-order valence-electron chi connectivity index (χ3n) is 3.65. The summed E-state index contributed by atoms with van der Waals surface area (Å²) >= 11 is 6.03. The van der Waals surface area contributed by atoms with E-state index in [0.717, 1.165) is 0 Å². The molecule has 0 bridgehead atoms. The summed E-state index contributed by atoms with van der Waals surface area (Å²) in [4.78, 5) is 36.2. The number of benzene rings is 2. The van der Waals surface area contributed by atoms with Crippen LogP contribution in [-0.4, -0.2) is 17.3 Å². The fourth-order valence-corrected chi connectivity index (χ4v) is 2.61. The fraction of sp³-hybridized carbons (Fsp3) is 0.0556. The Labute approximate surface area is 142 Å². The van der Waals surface area contributed by atoms with E-state index >= 15 is 0 Å². The van der Waals surface area contributed by atoms with E-state index in [1.807, 2.05) is 0 Å². The summed E-state index contributed by atoms with van der Waals surface area (Å²) in [5.74, 6) is -1.26. The maximum Gasteiger partial charge on any atom is 0.230 e. The van der Waals surface area contributed by atoms with Crippen molar-refractivity contribution < 1.29 is 19.1 Å². The Morgan fingerprint density at radius 3 is 2.25 bits per heavy atom. The summed E-state index contributed by atoms with van der Waals surface area (Å²) < 4.78 is 5.51. The van der Waals surface area contributed by atoms with Crippen molar-refractivity contribution in [3.05, 3.63) is 69.9 Å². The fourth-order valence-electron chi connectivity index (χ4n) is 2.38. The Kier molecular flexibility index (Phi) is 3.95. The van der Waals surface area contributed by atoms with Crippen LogP contribution in [0.3, 0.4) is 0 Å². The maximum atomic E-state index is 12.5. The zero-order valence-corrected chi connectivity index (χ0v) is 13.4. The van der Waals surface area contributed by atoms with Crippen LogP contribution in [0.5, 0.6) is 5.75 Å². The van der Waals surface area contributed by atoms with E-state index < -0.39 is 11.6 Å². The number of ether oxygens (including phenoxy) is 1. The van der Waals surface area contributed by atoms with Gasteiger partial charge in [0.05, 0.1) is 5.69 Å². The minimum atomic E-state index is -0.495. The third kappa shape index (κ3) is 2.59. The Balaban J connectivity index is 2.01. The summed E-state index contributed by atoms with van der Waals surface area (Å²) in [5.41, 5.74) is 6.90. The first-order valence-corrected chi connectivity index (χ1v) is 7.44. The van der Waals surface area contributed by atoms with Gasteiger partial charge in [0.25, 0.3) is 0 Å². The highest BCUT2D eigenvalue weighted by Gasteiger charge is 2.33. The van der Waals surface area contributed by atoms with E-state index in [2.05, 4.69) is 0 Å². The van der Waals surface area contributed by atoms with Gasteiger partial charge in [0.1, 0.15) is 5.03 Å². The average molecular weight is 342 g/mol. The van der Waals surface area contributed by atoms with Crippen LogP contribution >= 0.6 is 11.6 Å². The van der Waals surface area contributed by atoms with E-state index in [4.69, 9.17) is 22.1 Å². The molecule has 0 fully saturated rings. The van der Waals surface area contributed by atoms with E-state index in [9.17, 15) is 14.4 Å². The van der Waals surface area contributed by atoms with Gasteiger partial charge in [0.15, 0.2) is 17.3 Å². The number of nitrogen functional groups attached to an aromatic ring is 1. The molecule has 0 unspecified atom stereocenters. The van der Waals surface area contributed by atoms with Crippen LogP contribution in [0.1, 0.15) is 38.0 Å². The lowest BCUT2D eigenvalue weighted by Gasteiger charge is -2.18. The first-order valence-electron chi connectivity index (χ1n) is 7.06. The first-order chi connectivity index (χ1) is 11.4. The van der Waals surface area contributed by atoms with Gasteiger partial charge in [-0.15, -0.1) is 0 Å². The molecule has 0 radical (unpaired) electrons. The Bertz CT molecular complexity index is 930. The molecule has 24 heavy (non-hydrogen) atoms. The number of nitrogens with two attached hydrogens (primary N) is 1. The lowest BCUT2D eigenvalue weighted by Crippen LogP contribution is -2.23. The zero-order valence-electron chi connectivity index (χ0n) is 12.6. The highest BCUT2D eigenvalue weighted by Crippen LogP contribution is 2.32. The predicted molar refractivity (Wildman–Crippen MR) is 89.5 cm³/mol. The smallest absolute Gasteiger partial charge is 0.230 e. The quantitative estimate of drug-likeness (QED) is 0.683. The number of halogens is 1. The number of rotatable bonds is 3. The van der Waals surface area contributed by atoms with Crippen molar-refractivity contribution in [3.63, 3.8) is 0 Å². The van der Waals surface area contributed by atoms with E-state index in [-0.39, 0.29) is 39.1 Å². The second-order valence-electron chi connectivity index (χ2n) is 5.26. The molecule has 3 rings (SSSR count). The molecule has 0 saturated carbocycles. The molecule has 0 heterocycles. The molecule has 120 valence electrons. The maximum absolute atomic E-state index is 12.5. The zero-order chi connectivity index (χ0) is 17.4. The number of allylic oxidation sites excluding steroid dienone is 2. The molecule has 2 aromatic carbocycles. The van der Waals surface area contributed by atoms with Gasteiger partial charge in [0, 0.05) is 16.7 Å².